The summed E-state index contributed by atoms with van der Waals surface area (Å²) in [6.07, 6.45) is 9.98. The van der Waals surface area contributed by atoms with Crippen molar-refractivity contribution in [1.29, 1.82) is 0 Å². The zero-order valence-electron chi connectivity index (χ0n) is 19.3. The summed E-state index contributed by atoms with van der Waals surface area (Å²) in [5, 5.41) is 10.9. The quantitative estimate of drug-likeness (QED) is 0.470. The number of hydrogen-bond acceptors (Lipinski definition) is 5. The molecule has 34 heavy (non-hydrogen) atoms. The van der Waals surface area contributed by atoms with Crippen LogP contribution in [-0.2, 0) is 21.9 Å². The van der Waals surface area contributed by atoms with Crippen LogP contribution >= 0.6 is 0 Å². The summed E-state index contributed by atoms with van der Waals surface area (Å²) in [5.74, 6) is 1.55. The van der Waals surface area contributed by atoms with Crippen molar-refractivity contribution in [2.24, 2.45) is 11.8 Å². The number of hydrogen-bond donors (Lipinski definition) is 1. The molecule has 4 aliphatic rings. The van der Waals surface area contributed by atoms with E-state index in [1.54, 1.807) is 0 Å². The number of non-ortho nitro benzene ring substituents is 1. The van der Waals surface area contributed by atoms with E-state index >= 15 is 0 Å². The second-order valence-electron chi connectivity index (χ2n) is 10.7. The number of sulfonamides is 1. The van der Waals surface area contributed by atoms with Gasteiger partial charge in [-0.05, 0) is 92.3 Å². The Morgan fingerprint density at radius 2 is 1.85 bits per heavy atom. The van der Waals surface area contributed by atoms with Crippen LogP contribution in [0.1, 0.15) is 56.1 Å². The Morgan fingerprint density at radius 3 is 2.59 bits per heavy atom. The normalized spacial score (nSPS) is 28.6. The maximum atomic E-state index is 13.0. The second kappa shape index (κ2) is 8.05. The monoisotopic (exact) mass is 481 g/mol. The number of anilines is 1. The van der Waals surface area contributed by atoms with E-state index < -0.39 is 14.9 Å². The van der Waals surface area contributed by atoms with E-state index in [0.29, 0.717) is 17.6 Å². The summed E-state index contributed by atoms with van der Waals surface area (Å²) < 4.78 is 28.8. The number of nitro benzene ring substituents is 1. The lowest BCUT2D eigenvalue weighted by Crippen LogP contribution is -2.61. The summed E-state index contributed by atoms with van der Waals surface area (Å²) in [7, 11) is -3.83. The molecule has 2 aromatic carbocycles. The fourth-order valence-electron chi connectivity index (χ4n) is 6.97. The number of nitrogens with one attached hydrogen (secondary N) is 1. The highest BCUT2D eigenvalue weighted by Crippen LogP contribution is 2.56. The van der Waals surface area contributed by atoms with Crippen LogP contribution in [0, 0.1) is 22.0 Å². The van der Waals surface area contributed by atoms with Crippen LogP contribution in [0.15, 0.2) is 47.4 Å². The number of rotatable bonds is 6. The lowest BCUT2D eigenvalue weighted by molar-refractivity contribution is -0.384. The van der Waals surface area contributed by atoms with Gasteiger partial charge in [0.2, 0.25) is 0 Å². The van der Waals surface area contributed by atoms with Crippen LogP contribution in [0.2, 0.25) is 0 Å². The average Bonchev–Trinajstić information content (AvgIpc) is 3.65. The van der Waals surface area contributed by atoms with Crippen molar-refractivity contribution < 1.29 is 13.3 Å². The molecule has 1 heterocycles. The van der Waals surface area contributed by atoms with E-state index in [1.165, 1.54) is 80.5 Å². The van der Waals surface area contributed by atoms with Gasteiger partial charge in [0.25, 0.3) is 15.7 Å². The first-order valence-electron chi connectivity index (χ1n) is 12.5. The first-order chi connectivity index (χ1) is 16.4. The van der Waals surface area contributed by atoms with Gasteiger partial charge in [-0.1, -0.05) is 18.9 Å². The number of fused-ring (bicyclic) bond motifs is 1. The predicted molar refractivity (Wildman–Crippen MR) is 130 cm³/mol. The summed E-state index contributed by atoms with van der Waals surface area (Å²) in [4.78, 5) is 13.2. The molecule has 2 bridgehead atoms. The minimum atomic E-state index is -3.83. The van der Waals surface area contributed by atoms with E-state index in [-0.39, 0.29) is 16.0 Å². The maximum absolute atomic E-state index is 13.0. The molecular formula is C26H31N3O4S. The molecule has 6 rings (SSSR count). The molecule has 7 nitrogen and oxygen atoms in total. The molecule has 1 saturated heterocycles. The predicted octanol–water partition coefficient (Wildman–Crippen LogP) is 4.86. The molecule has 8 heteroatoms. The highest BCUT2D eigenvalue weighted by Gasteiger charge is 2.54. The molecule has 1 N–H and O–H groups in total. The van der Waals surface area contributed by atoms with Crippen molar-refractivity contribution in [1.82, 2.24) is 4.90 Å². The van der Waals surface area contributed by atoms with E-state index in [1.807, 2.05) is 6.07 Å². The van der Waals surface area contributed by atoms with Gasteiger partial charge in [0.1, 0.15) is 0 Å². The third kappa shape index (κ3) is 3.71. The van der Waals surface area contributed by atoms with E-state index in [2.05, 4.69) is 21.8 Å². The highest BCUT2D eigenvalue weighted by atomic mass is 32.2. The van der Waals surface area contributed by atoms with Crippen molar-refractivity contribution in [3.05, 3.63) is 63.7 Å². The second-order valence-corrected chi connectivity index (χ2v) is 12.4. The third-order valence-corrected chi connectivity index (χ3v) is 10.1. The zero-order valence-corrected chi connectivity index (χ0v) is 20.1. The molecule has 0 amide bonds. The lowest BCUT2D eigenvalue weighted by atomic mass is 9.52. The molecule has 0 spiro atoms. The molecule has 0 aromatic heterocycles. The highest BCUT2D eigenvalue weighted by molar-refractivity contribution is 7.92. The summed E-state index contributed by atoms with van der Waals surface area (Å²) >= 11 is 0. The molecule has 2 aromatic rings. The first kappa shape index (κ1) is 22.0. The van der Waals surface area contributed by atoms with Crippen LogP contribution in [-0.4, -0.2) is 37.4 Å². The summed E-state index contributed by atoms with van der Waals surface area (Å²) in [6, 6.07) is 11.7. The Kier molecular flexibility index (Phi) is 5.22. The Hall–Kier alpha value is -2.45. The number of benzene rings is 2. The number of piperidine rings is 1. The Bertz CT molecular complexity index is 1230. The van der Waals surface area contributed by atoms with Crippen LogP contribution in [0.25, 0.3) is 0 Å². The SMILES string of the molecule is O=[N+]([O-])c1ccc(S(=O)(=O)Nc2ccc3c(c2)C24CCCCC2C(C3)N(CC2CC2)CC4)cc1. The standard InChI is InChI=1S/C26H31N3O4S/c30-29(31)21-8-10-22(11-9-21)34(32,33)27-20-7-6-19-15-25-23-3-1-2-12-26(23,24(19)16-20)13-14-28(25)17-18-4-5-18/h6-11,16,18,23,25,27H,1-5,12-15,17H2. The number of nitrogens with zero attached hydrogens (tertiary/aromatic N) is 2. The van der Waals surface area contributed by atoms with Gasteiger partial charge < -0.3 is 0 Å². The van der Waals surface area contributed by atoms with Gasteiger partial charge in [-0.2, -0.15) is 0 Å². The number of likely N-dealkylation sites (tertiary alicyclic amines) is 1. The van der Waals surface area contributed by atoms with E-state index in [4.69, 9.17) is 0 Å². The van der Waals surface area contributed by atoms with Gasteiger partial charge >= 0.3 is 0 Å². The van der Waals surface area contributed by atoms with Crippen molar-refractivity contribution in [2.75, 3.05) is 17.8 Å². The van der Waals surface area contributed by atoms with Gasteiger partial charge in [-0.3, -0.25) is 19.7 Å². The number of nitro groups is 1. The Balaban J connectivity index is 1.31. The van der Waals surface area contributed by atoms with Gasteiger partial charge in [-0.15, -0.1) is 0 Å². The summed E-state index contributed by atoms with van der Waals surface area (Å²) in [6.45, 7) is 2.40. The van der Waals surface area contributed by atoms with E-state index in [9.17, 15) is 18.5 Å². The Labute approximate surface area is 200 Å². The van der Waals surface area contributed by atoms with Gasteiger partial charge in [0.15, 0.2) is 0 Å². The molecule has 3 aliphatic carbocycles. The fourth-order valence-corrected chi connectivity index (χ4v) is 8.02. The molecule has 1 aliphatic heterocycles. The van der Waals surface area contributed by atoms with E-state index in [0.717, 1.165) is 25.3 Å². The smallest absolute Gasteiger partial charge is 0.269 e. The largest absolute Gasteiger partial charge is 0.299 e. The van der Waals surface area contributed by atoms with Gasteiger partial charge in [0.05, 0.1) is 9.82 Å². The molecule has 3 unspecified atom stereocenters. The Morgan fingerprint density at radius 1 is 1.06 bits per heavy atom. The minimum Gasteiger partial charge on any atom is -0.299 e. The molecule has 0 radical (unpaired) electrons. The molecule has 180 valence electrons. The van der Waals surface area contributed by atoms with Crippen molar-refractivity contribution in [3.63, 3.8) is 0 Å². The first-order valence-corrected chi connectivity index (χ1v) is 14.0. The van der Waals surface area contributed by atoms with Crippen LogP contribution in [0.4, 0.5) is 11.4 Å². The molecule has 3 atom stereocenters. The fraction of sp³-hybridized carbons (Fsp3) is 0.538. The average molecular weight is 482 g/mol. The third-order valence-electron chi connectivity index (χ3n) is 8.75. The van der Waals surface area contributed by atoms with Crippen LogP contribution < -0.4 is 4.72 Å². The minimum absolute atomic E-state index is 0.0259. The van der Waals surface area contributed by atoms with Gasteiger partial charge in [-0.25, -0.2) is 8.42 Å². The topological polar surface area (TPSA) is 92.5 Å². The zero-order chi connectivity index (χ0) is 23.5. The lowest BCUT2D eigenvalue weighted by Gasteiger charge is -2.59. The van der Waals surface area contributed by atoms with Crippen molar-refractivity contribution in [3.8, 4) is 0 Å². The van der Waals surface area contributed by atoms with Crippen LogP contribution in [0.3, 0.4) is 0 Å². The molecule has 3 fully saturated rings. The molecular weight excluding hydrogens is 450 g/mol. The van der Waals surface area contributed by atoms with Crippen LogP contribution in [0.5, 0.6) is 0 Å². The van der Waals surface area contributed by atoms with Crippen molar-refractivity contribution >= 4 is 21.4 Å². The maximum Gasteiger partial charge on any atom is 0.269 e. The van der Waals surface area contributed by atoms with Gasteiger partial charge in [0, 0.05) is 35.8 Å². The summed E-state index contributed by atoms with van der Waals surface area (Å²) in [5.41, 5.74) is 3.34. The molecule has 2 saturated carbocycles. The van der Waals surface area contributed by atoms with Crippen molar-refractivity contribution in [2.45, 2.75) is 67.7 Å².